The summed E-state index contributed by atoms with van der Waals surface area (Å²) in [5, 5.41) is 43.8. The molecule has 2 aromatic heterocycles. The summed E-state index contributed by atoms with van der Waals surface area (Å²) in [5.74, 6) is -3.79. The lowest BCUT2D eigenvalue weighted by Gasteiger charge is -2.42. The van der Waals surface area contributed by atoms with E-state index < -0.39 is 60.1 Å². The lowest BCUT2D eigenvalue weighted by molar-refractivity contribution is -0.205. The van der Waals surface area contributed by atoms with Crippen molar-refractivity contribution in [1.29, 1.82) is 0 Å². The zero-order valence-corrected chi connectivity index (χ0v) is 23.9. The Morgan fingerprint density at radius 3 is 2.35 bits per heavy atom. The van der Waals surface area contributed by atoms with Crippen molar-refractivity contribution in [3.63, 3.8) is 0 Å². The van der Waals surface area contributed by atoms with Crippen LogP contribution in [-0.2, 0) is 15.9 Å². The van der Waals surface area contributed by atoms with Gasteiger partial charge in [-0.15, -0.1) is 5.10 Å². The fourth-order valence-corrected chi connectivity index (χ4v) is 5.41. The fraction of sp³-hybridized carbons (Fsp3) is 0.571. The van der Waals surface area contributed by atoms with E-state index in [9.17, 15) is 33.3 Å². The van der Waals surface area contributed by atoms with Gasteiger partial charge >= 0.3 is 6.09 Å². The average Bonchev–Trinajstić information content (AvgIpc) is 3.63. The number of halogens is 3. The van der Waals surface area contributed by atoms with E-state index in [-0.39, 0.29) is 29.7 Å². The van der Waals surface area contributed by atoms with Gasteiger partial charge in [-0.05, 0) is 45.7 Å². The van der Waals surface area contributed by atoms with E-state index in [0.29, 0.717) is 37.4 Å². The summed E-state index contributed by atoms with van der Waals surface area (Å²) in [4.78, 5) is 14.0. The Labute approximate surface area is 245 Å². The van der Waals surface area contributed by atoms with Crippen LogP contribution in [0.1, 0.15) is 57.0 Å². The van der Waals surface area contributed by atoms with Gasteiger partial charge in [0, 0.05) is 37.1 Å². The van der Waals surface area contributed by atoms with Gasteiger partial charge in [0.05, 0.1) is 24.6 Å². The summed E-state index contributed by atoms with van der Waals surface area (Å²) in [6, 6.07) is 2.11. The topological polar surface area (TPSA) is 156 Å². The van der Waals surface area contributed by atoms with Crippen molar-refractivity contribution in [2.24, 2.45) is 0 Å². The second-order valence-corrected chi connectivity index (χ2v) is 11.9. The first-order valence-electron chi connectivity index (χ1n) is 14.0. The van der Waals surface area contributed by atoms with Gasteiger partial charge in [-0.3, -0.25) is 0 Å². The van der Waals surface area contributed by atoms with Crippen LogP contribution in [0.3, 0.4) is 0 Å². The molecule has 0 spiro atoms. The normalized spacial score (nSPS) is 25.2. The summed E-state index contributed by atoms with van der Waals surface area (Å²) in [7, 11) is 0. The number of hydrogen-bond donors (Lipinski definition) is 3. The first-order chi connectivity index (χ1) is 20.3. The standard InChI is InChI=1S/C28H34F3N5O7/c1-28(2,3)42-27(40)35-6-4-14(5-7-35)20-10-16(33-43-20)11-21-25(38)24(26(39)22(13-37)41-21)36-12-19(32-34-36)15-8-17(29)23(31)18(30)9-15/h8-10,12,14,21-22,24-26,37-39H,4-7,11,13H2,1-3H3/t21-,22-,24-,25+,26+/m1/s1. The predicted molar refractivity (Wildman–Crippen MR) is 142 cm³/mol. The molecule has 2 aliphatic heterocycles. The summed E-state index contributed by atoms with van der Waals surface area (Å²) in [6.07, 6.45) is -2.60. The maximum atomic E-state index is 13.8. The highest BCUT2D eigenvalue weighted by molar-refractivity contribution is 5.68. The highest BCUT2D eigenvalue weighted by atomic mass is 19.2. The van der Waals surface area contributed by atoms with E-state index in [4.69, 9.17) is 14.0 Å². The third-order valence-electron chi connectivity index (χ3n) is 7.62. The molecular formula is C28H34F3N5O7. The van der Waals surface area contributed by atoms with Crippen molar-refractivity contribution in [3.05, 3.63) is 53.3 Å². The third-order valence-corrected chi connectivity index (χ3v) is 7.62. The molecule has 3 aromatic rings. The molecule has 5 rings (SSSR count). The molecule has 2 saturated heterocycles. The number of amides is 1. The monoisotopic (exact) mass is 609 g/mol. The molecule has 43 heavy (non-hydrogen) atoms. The summed E-state index contributed by atoms with van der Waals surface area (Å²) < 4.78 is 58.9. The number of aromatic nitrogens is 4. The summed E-state index contributed by atoms with van der Waals surface area (Å²) >= 11 is 0. The largest absolute Gasteiger partial charge is 0.444 e. The van der Waals surface area contributed by atoms with E-state index in [2.05, 4.69) is 15.5 Å². The van der Waals surface area contributed by atoms with Gasteiger partial charge < -0.3 is 34.2 Å². The van der Waals surface area contributed by atoms with E-state index in [1.165, 1.54) is 6.20 Å². The van der Waals surface area contributed by atoms with Gasteiger partial charge in [-0.2, -0.15) is 0 Å². The zero-order valence-electron chi connectivity index (χ0n) is 23.9. The van der Waals surface area contributed by atoms with Gasteiger partial charge in [0.1, 0.15) is 41.4 Å². The molecule has 2 aliphatic rings. The van der Waals surface area contributed by atoms with Crippen molar-refractivity contribution in [2.75, 3.05) is 19.7 Å². The number of carbonyl (C=O) groups is 1. The highest BCUT2D eigenvalue weighted by Gasteiger charge is 2.46. The number of piperidine rings is 1. The van der Waals surface area contributed by atoms with Crippen molar-refractivity contribution in [2.45, 2.75) is 82.0 Å². The molecule has 1 aromatic carbocycles. The number of aliphatic hydroxyl groups excluding tert-OH is 3. The van der Waals surface area contributed by atoms with Crippen LogP contribution in [0.5, 0.6) is 0 Å². The highest BCUT2D eigenvalue weighted by Crippen LogP contribution is 2.34. The fourth-order valence-electron chi connectivity index (χ4n) is 5.41. The lowest BCUT2D eigenvalue weighted by atomic mass is 9.90. The van der Waals surface area contributed by atoms with E-state index in [1.807, 2.05) is 20.8 Å². The van der Waals surface area contributed by atoms with Gasteiger partial charge in [-0.1, -0.05) is 10.4 Å². The van der Waals surface area contributed by atoms with Crippen LogP contribution in [0.2, 0.25) is 0 Å². The zero-order chi connectivity index (χ0) is 31.1. The van der Waals surface area contributed by atoms with Crippen molar-refractivity contribution in [3.8, 4) is 11.3 Å². The molecule has 0 aliphatic carbocycles. The van der Waals surface area contributed by atoms with Crippen molar-refractivity contribution < 1.29 is 47.3 Å². The molecule has 4 heterocycles. The van der Waals surface area contributed by atoms with Crippen molar-refractivity contribution >= 4 is 6.09 Å². The Balaban J connectivity index is 1.27. The van der Waals surface area contributed by atoms with Crippen LogP contribution in [0, 0.1) is 17.5 Å². The molecule has 12 nitrogen and oxygen atoms in total. The second kappa shape index (κ2) is 12.2. The number of ether oxygens (including phenoxy) is 2. The number of benzene rings is 1. The first-order valence-corrected chi connectivity index (χ1v) is 14.0. The van der Waals surface area contributed by atoms with Gasteiger partial charge in [0.15, 0.2) is 17.5 Å². The molecule has 234 valence electrons. The Morgan fingerprint density at radius 1 is 1.07 bits per heavy atom. The molecule has 0 unspecified atom stereocenters. The van der Waals surface area contributed by atoms with Crippen LogP contribution in [-0.4, -0.2) is 96.2 Å². The number of hydrogen-bond acceptors (Lipinski definition) is 10. The first kappa shape index (κ1) is 30.9. The molecule has 2 fully saturated rings. The van der Waals surface area contributed by atoms with Gasteiger partial charge in [0.25, 0.3) is 0 Å². The van der Waals surface area contributed by atoms with E-state index >= 15 is 0 Å². The summed E-state index contributed by atoms with van der Waals surface area (Å²) in [6.45, 7) is 5.86. The number of nitrogens with zero attached hydrogens (tertiary/aromatic N) is 5. The number of aliphatic hydroxyl groups is 3. The molecule has 0 radical (unpaired) electrons. The Kier molecular flexibility index (Phi) is 8.79. The van der Waals surface area contributed by atoms with Crippen LogP contribution < -0.4 is 0 Å². The maximum Gasteiger partial charge on any atom is 0.410 e. The van der Waals surface area contributed by atoms with Crippen LogP contribution in [0.4, 0.5) is 18.0 Å². The Bertz CT molecular complexity index is 1410. The molecule has 15 heteroatoms. The van der Waals surface area contributed by atoms with E-state index in [1.54, 1.807) is 11.0 Å². The van der Waals surface area contributed by atoms with Gasteiger partial charge in [-0.25, -0.2) is 22.6 Å². The third kappa shape index (κ3) is 6.69. The molecule has 0 bridgehead atoms. The van der Waals surface area contributed by atoms with Crippen LogP contribution in [0.25, 0.3) is 11.3 Å². The van der Waals surface area contributed by atoms with Crippen LogP contribution in [0.15, 0.2) is 28.9 Å². The second-order valence-electron chi connectivity index (χ2n) is 11.9. The maximum absolute atomic E-state index is 13.8. The molecule has 3 N–H and O–H groups in total. The molecule has 0 saturated carbocycles. The lowest BCUT2D eigenvalue weighted by Crippen LogP contribution is -2.56. The number of likely N-dealkylation sites (tertiary alicyclic amines) is 1. The average molecular weight is 610 g/mol. The van der Waals surface area contributed by atoms with E-state index in [0.717, 1.165) is 16.8 Å². The minimum absolute atomic E-state index is 0.0200. The molecule has 5 atom stereocenters. The Morgan fingerprint density at radius 2 is 1.72 bits per heavy atom. The Hall–Kier alpha value is -3.53. The summed E-state index contributed by atoms with van der Waals surface area (Å²) in [5.41, 5.74) is -0.237. The van der Waals surface area contributed by atoms with Crippen LogP contribution >= 0.6 is 0 Å². The molecule has 1 amide bonds. The minimum Gasteiger partial charge on any atom is -0.444 e. The van der Waals surface area contributed by atoms with Gasteiger partial charge in [0.2, 0.25) is 0 Å². The van der Waals surface area contributed by atoms with Crippen molar-refractivity contribution in [1.82, 2.24) is 25.1 Å². The minimum atomic E-state index is -1.62. The SMILES string of the molecule is CC(C)(C)OC(=O)N1CCC(c2cc(C[C@H]3O[C@H](CO)[C@H](O)[C@H](n4cc(-c5cc(F)c(F)c(F)c5)nn4)[C@H]3O)no2)CC1. The predicted octanol–water partition coefficient (Wildman–Crippen LogP) is 2.73. The smallest absolute Gasteiger partial charge is 0.410 e. The number of rotatable bonds is 6. The molecular weight excluding hydrogens is 575 g/mol. The number of carbonyl (C=O) groups excluding carboxylic acids is 1. The quantitative estimate of drug-likeness (QED) is 0.355.